The molecule has 0 unspecified atom stereocenters. The Morgan fingerprint density at radius 2 is 1.92 bits per heavy atom. The van der Waals surface area contributed by atoms with Crippen LogP contribution in [0.25, 0.3) is 0 Å². The van der Waals surface area contributed by atoms with Crippen LogP contribution in [0.15, 0.2) is 53.4 Å². The second-order valence-corrected chi connectivity index (χ2v) is 6.97. The summed E-state index contributed by atoms with van der Waals surface area (Å²) in [6.07, 6.45) is 0.894. The molecule has 3 rings (SSSR count). The van der Waals surface area contributed by atoms with Crippen LogP contribution in [-0.2, 0) is 16.0 Å². The molecular formula is C20H22N2O3S. The van der Waals surface area contributed by atoms with Crippen LogP contribution in [0.4, 0.5) is 5.69 Å². The van der Waals surface area contributed by atoms with Crippen LogP contribution in [0, 0.1) is 0 Å². The monoisotopic (exact) mass is 370 g/mol. The molecule has 0 radical (unpaired) electrons. The Hall–Kier alpha value is -2.31. The molecule has 6 heteroatoms. The van der Waals surface area contributed by atoms with Gasteiger partial charge >= 0.3 is 0 Å². The van der Waals surface area contributed by atoms with Crippen LogP contribution in [0.1, 0.15) is 15.9 Å². The van der Waals surface area contributed by atoms with E-state index in [9.17, 15) is 9.59 Å². The van der Waals surface area contributed by atoms with Crippen LogP contribution >= 0.6 is 11.8 Å². The number of fused-ring (bicyclic) bond motifs is 1. The molecule has 1 N–H and O–H groups in total. The van der Waals surface area contributed by atoms with Gasteiger partial charge in [0.1, 0.15) is 0 Å². The van der Waals surface area contributed by atoms with Crippen molar-refractivity contribution >= 4 is 29.3 Å². The molecule has 1 aliphatic rings. The van der Waals surface area contributed by atoms with Gasteiger partial charge in [0.25, 0.3) is 5.91 Å². The van der Waals surface area contributed by atoms with Crippen molar-refractivity contribution in [1.82, 2.24) is 5.32 Å². The molecule has 0 saturated carbocycles. The quantitative estimate of drug-likeness (QED) is 0.601. The number of amides is 2. The van der Waals surface area contributed by atoms with Crippen LogP contribution in [0.5, 0.6) is 0 Å². The summed E-state index contributed by atoms with van der Waals surface area (Å²) in [6, 6.07) is 15.4. The van der Waals surface area contributed by atoms with Crippen molar-refractivity contribution < 1.29 is 14.3 Å². The topological polar surface area (TPSA) is 58.6 Å². The van der Waals surface area contributed by atoms with Crippen molar-refractivity contribution in [3.05, 3.63) is 59.7 Å². The number of ether oxygens (including phenoxy) is 1. The Morgan fingerprint density at radius 1 is 1.15 bits per heavy atom. The van der Waals surface area contributed by atoms with Crippen LogP contribution in [0.2, 0.25) is 0 Å². The Balaban J connectivity index is 1.63. The highest BCUT2D eigenvalue weighted by Gasteiger charge is 2.24. The minimum Gasteiger partial charge on any atom is -0.383 e. The van der Waals surface area contributed by atoms with Gasteiger partial charge in [0.2, 0.25) is 5.91 Å². The zero-order valence-corrected chi connectivity index (χ0v) is 15.6. The average Bonchev–Trinajstić information content (AvgIpc) is 3.10. The van der Waals surface area contributed by atoms with Crippen LogP contribution < -0.4 is 10.2 Å². The lowest BCUT2D eigenvalue weighted by atomic mass is 10.2. The van der Waals surface area contributed by atoms with Gasteiger partial charge in [-0.15, -0.1) is 11.8 Å². The van der Waals surface area contributed by atoms with Gasteiger partial charge < -0.3 is 15.0 Å². The van der Waals surface area contributed by atoms with E-state index in [4.69, 9.17) is 4.74 Å². The summed E-state index contributed by atoms with van der Waals surface area (Å²) in [6.45, 7) is 1.64. The molecule has 0 aromatic heterocycles. The van der Waals surface area contributed by atoms with E-state index in [1.54, 1.807) is 13.2 Å². The van der Waals surface area contributed by atoms with E-state index in [1.165, 1.54) is 17.3 Å². The number of hydrogen-bond donors (Lipinski definition) is 1. The number of nitrogens with one attached hydrogen (secondary N) is 1. The molecule has 2 aromatic carbocycles. The number of carbonyl (C=O) groups excluding carboxylic acids is 2. The summed E-state index contributed by atoms with van der Waals surface area (Å²) >= 11 is 1.40. The number of hydrogen-bond acceptors (Lipinski definition) is 4. The first-order chi connectivity index (χ1) is 12.7. The van der Waals surface area contributed by atoms with E-state index in [-0.39, 0.29) is 11.8 Å². The average molecular weight is 370 g/mol. The highest BCUT2D eigenvalue weighted by atomic mass is 32.2. The fraction of sp³-hybridized carbons (Fsp3) is 0.300. The van der Waals surface area contributed by atoms with Gasteiger partial charge in [0.15, 0.2) is 0 Å². The predicted molar refractivity (Wildman–Crippen MR) is 104 cm³/mol. The van der Waals surface area contributed by atoms with Crippen molar-refractivity contribution in [1.29, 1.82) is 0 Å². The van der Waals surface area contributed by atoms with Gasteiger partial charge in [-0.05, 0) is 30.2 Å². The summed E-state index contributed by atoms with van der Waals surface area (Å²) in [7, 11) is 1.60. The van der Waals surface area contributed by atoms with Gasteiger partial charge in [0.05, 0.1) is 17.9 Å². The maximum atomic E-state index is 12.7. The van der Waals surface area contributed by atoms with Gasteiger partial charge in [-0.1, -0.05) is 30.3 Å². The molecule has 5 nitrogen and oxygen atoms in total. The summed E-state index contributed by atoms with van der Waals surface area (Å²) in [5, 5.41) is 2.82. The molecule has 2 amide bonds. The third-order valence-corrected chi connectivity index (χ3v) is 5.32. The third kappa shape index (κ3) is 4.26. The lowest BCUT2D eigenvalue weighted by molar-refractivity contribution is -0.116. The van der Waals surface area contributed by atoms with Crippen molar-refractivity contribution in [2.24, 2.45) is 0 Å². The van der Waals surface area contributed by atoms with Crippen LogP contribution in [0.3, 0.4) is 0 Å². The van der Waals surface area contributed by atoms with Crippen molar-refractivity contribution in [2.45, 2.75) is 11.3 Å². The number of benzene rings is 2. The number of anilines is 1. The summed E-state index contributed by atoms with van der Waals surface area (Å²) < 4.78 is 4.95. The van der Waals surface area contributed by atoms with E-state index in [2.05, 4.69) is 11.4 Å². The minimum absolute atomic E-state index is 0.0644. The number of methoxy groups -OCH3 is 1. The van der Waals surface area contributed by atoms with Crippen molar-refractivity contribution in [2.75, 3.05) is 37.5 Å². The standard InChI is InChI=1S/C20H22N2O3S/c1-25-13-11-21-20(24)16-7-3-5-9-18(16)26-14-19(23)22-12-10-15-6-2-4-8-17(15)22/h2-9H,10-14H2,1H3,(H,21,24). The number of carbonyl (C=O) groups is 2. The highest BCUT2D eigenvalue weighted by Crippen LogP contribution is 2.29. The Morgan fingerprint density at radius 3 is 2.77 bits per heavy atom. The van der Waals surface area contributed by atoms with Gasteiger partial charge in [-0.2, -0.15) is 0 Å². The largest absolute Gasteiger partial charge is 0.383 e. The number of para-hydroxylation sites is 1. The first-order valence-corrected chi connectivity index (χ1v) is 9.56. The SMILES string of the molecule is COCCNC(=O)c1ccccc1SCC(=O)N1CCc2ccccc21. The summed E-state index contributed by atoms with van der Waals surface area (Å²) in [5.74, 6) is 0.218. The second kappa shape index (κ2) is 8.87. The molecule has 0 atom stereocenters. The van der Waals surface area contributed by atoms with Gasteiger partial charge in [-0.3, -0.25) is 9.59 Å². The van der Waals surface area contributed by atoms with E-state index < -0.39 is 0 Å². The summed E-state index contributed by atoms with van der Waals surface area (Å²) in [5.41, 5.74) is 2.80. The highest BCUT2D eigenvalue weighted by molar-refractivity contribution is 8.00. The van der Waals surface area contributed by atoms with Crippen LogP contribution in [-0.4, -0.2) is 44.4 Å². The molecular weight excluding hydrogens is 348 g/mol. The predicted octanol–water partition coefficient (Wildman–Crippen LogP) is 2.74. The van der Waals surface area contributed by atoms with Gasteiger partial charge in [0, 0.05) is 30.8 Å². The zero-order valence-electron chi connectivity index (χ0n) is 14.7. The number of nitrogens with zero attached hydrogens (tertiary/aromatic N) is 1. The first kappa shape index (κ1) is 18.5. The molecule has 1 heterocycles. The molecule has 1 aliphatic heterocycles. The molecule has 0 fully saturated rings. The molecule has 0 bridgehead atoms. The molecule has 0 spiro atoms. The van der Waals surface area contributed by atoms with E-state index in [0.717, 1.165) is 23.5 Å². The minimum atomic E-state index is -0.149. The first-order valence-electron chi connectivity index (χ1n) is 8.58. The van der Waals surface area contributed by atoms with E-state index >= 15 is 0 Å². The fourth-order valence-corrected chi connectivity index (χ4v) is 3.88. The lowest BCUT2D eigenvalue weighted by Crippen LogP contribution is -2.30. The smallest absolute Gasteiger partial charge is 0.252 e. The van der Waals surface area contributed by atoms with Crippen molar-refractivity contribution in [3.8, 4) is 0 Å². The third-order valence-electron chi connectivity index (χ3n) is 4.26. The fourth-order valence-electron chi connectivity index (χ4n) is 2.96. The molecule has 136 valence electrons. The molecule has 0 saturated heterocycles. The number of thioether (sulfide) groups is 1. The molecule has 0 aliphatic carbocycles. The molecule has 2 aromatic rings. The number of rotatable bonds is 7. The maximum absolute atomic E-state index is 12.7. The van der Waals surface area contributed by atoms with Gasteiger partial charge in [-0.25, -0.2) is 0 Å². The Kier molecular flexibility index (Phi) is 6.30. The maximum Gasteiger partial charge on any atom is 0.252 e. The second-order valence-electron chi connectivity index (χ2n) is 5.96. The molecule has 26 heavy (non-hydrogen) atoms. The summed E-state index contributed by atoms with van der Waals surface area (Å²) in [4.78, 5) is 27.6. The Labute approximate surface area is 157 Å². The van der Waals surface area contributed by atoms with Crippen molar-refractivity contribution in [3.63, 3.8) is 0 Å². The normalized spacial score (nSPS) is 12.7. The zero-order chi connectivity index (χ0) is 18.4. The van der Waals surface area contributed by atoms with E-state index in [1.807, 2.05) is 41.3 Å². The lowest BCUT2D eigenvalue weighted by Gasteiger charge is -2.17. The Bertz CT molecular complexity index is 794. The van der Waals surface area contributed by atoms with E-state index in [0.29, 0.717) is 24.5 Å².